The number of ether oxygens (including phenoxy) is 1. The van der Waals surface area contributed by atoms with Gasteiger partial charge in [-0.25, -0.2) is 0 Å². The molecule has 0 fully saturated rings. The highest BCUT2D eigenvalue weighted by Crippen LogP contribution is 2.26. The van der Waals surface area contributed by atoms with Crippen LogP contribution in [0.2, 0.25) is 0 Å². The normalized spacial score (nSPS) is 11.9. The van der Waals surface area contributed by atoms with Gasteiger partial charge in [-0.1, -0.05) is 60.7 Å². The smallest absolute Gasteiger partial charge is 0.120 e. The molecule has 2 N–H and O–H groups in total. The van der Waals surface area contributed by atoms with E-state index in [1.807, 2.05) is 43.3 Å². The van der Waals surface area contributed by atoms with Gasteiger partial charge in [0.1, 0.15) is 12.4 Å². The van der Waals surface area contributed by atoms with Gasteiger partial charge in [-0.3, -0.25) is 0 Å². The second kappa shape index (κ2) is 7.12. The molecule has 1 unspecified atom stereocenters. The summed E-state index contributed by atoms with van der Waals surface area (Å²) in [4.78, 5) is 0. The Kier molecular flexibility index (Phi) is 4.74. The van der Waals surface area contributed by atoms with Crippen molar-refractivity contribution in [2.75, 3.05) is 0 Å². The second-order valence-corrected chi connectivity index (χ2v) is 5.72. The molecule has 23 heavy (non-hydrogen) atoms. The number of hydrogen-bond donors (Lipinski definition) is 1. The molecule has 3 aromatic carbocycles. The first-order valence-corrected chi connectivity index (χ1v) is 7.85. The summed E-state index contributed by atoms with van der Waals surface area (Å²) in [7, 11) is 0. The van der Waals surface area contributed by atoms with Crippen LogP contribution >= 0.6 is 0 Å². The van der Waals surface area contributed by atoms with Crippen LogP contribution < -0.4 is 10.5 Å². The molecule has 0 saturated carbocycles. The molecule has 0 aliphatic rings. The van der Waals surface area contributed by atoms with E-state index in [0.29, 0.717) is 6.61 Å². The van der Waals surface area contributed by atoms with Gasteiger partial charge in [-0.2, -0.15) is 0 Å². The quantitative estimate of drug-likeness (QED) is 0.723. The van der Waals surface area contributed by atoms with Crippen LogP contribution in [0.5, 0.6) is 5.75 Å². The number of nitrogens with two attached hydrogens (primary N) is 1. The van der Waals surface area contributed by atoms with Crippen molar-refractivity contribution in [2.45, 2.75) is 19.6 Å². The molecule has 0 aromatic heterocycles. The molecule has 2 heteroatoms. The monoisotopic (exact) mass is 303 g/mol. The van der Waals surface area contributed by atoms with Crippen LogP contribution in [0.1, 0.15) is 24.1 Å². The Labute approximate surface area is 137 Å². The lowest BCUT2D eigenvalue weighted by Gasteiger charge is -2.11. The van der Waals surface area contributed by atoms with E-state index in [0.717, 1.165) is 28.0 Å². The molecule has 0 radical (unpaired) electrons. The zero-order valence-corrected chi connectivity index (χ0v) is 13.3. The van der Waals surface area contributed by atoms with Crippen LogP contribution in [-0.2, 0) is 6.61 Å². The molecule has 0 heterocycles. The van der Waals surface area contributed by atoms with E-state index in [2.05, 4.69) is 42.5 Å². The van der Waals surface area contributed by atoms with Gasteiger partial charge in [-0.05, 0) is 47.4 Å². The molecule has 2 nitrogen and oxygen atoms in total. The molecule has 0 aliphatic carbocycles. The van der Waals surface area contributed by atoms with E-state index in [4.69, 9.17) is 10.5 Å². The summed E-state index contributed by atoms with van der Waals surface area (Å²) in [5, 5.41) is 0. The molecule has 3 rings (SSSR count). The zero-order chi connectivity index (χ0) is 16.1. The van der Waals surface area contributed by atoms with E-state index in [1.165, 1.54) is 0 Å². The summed E-state index contributed by atoms with van der Waals surface area (Å²) >= 11 is 0. The van der Waals surface area contributed by atoms with Gasteiger partial charge < -0.3 is 10.5 Å². The van der Waals surface area contributed by atoms with Crippen molar-refractivity contribution in [1.82, 2.24) is 0 Å². The molecule has 3 aromatic rings. The van der Waals surface area contributed by atoms with Gasteiger partial charge in [0.2, 0.25) is 0 Å². The molecule has 0 aliphatic heterocycles. The van der Waals surface area contributed by atoms with Crippen LogP contribution in [0.3, 0.4) is 0 Å². The Balaban J connectivity index is 1.78. The number of hydrogen-bond acceptors (Lipinski definition) is 2. The third kappa shape index (κ3) is 3.99. The van der Waals surface area contributed by atoms with Gasteiger partial charge in [-0.15, -0.1) is 0 Å². The van der Waals surface area contributed by atoms with Crippen molar-refractivity contribution in [1.29, 1.82) is 0 Å². The predicted molar refractivity (Wildman–Crippen MR) is 95.3 cm³/mol. The molecule has 1 atom stereocenters. The first-order valence-electron chi connectivity index (χ1n) is 7.85. The average Bonchev–Trinajstić information content (AvgIpc) is 2.61. The van der Waals surface area contributed by atoms with Gasteiger partial charge in [0.25, 0.3) is 0 Å². The molecule has 0 saturated heterocycles. The molecule has 116 valence electrons. The standard InChI is InChI=1S/C21H21NO/c1-16(22)18-9-5-10-19(13-18)20-11-6-12-21(14-20)23-15-17-7-3-2-4-8-17/h2-14,16H,15,22H2,1H3. The van der Waals surface area contributed by atoms with Crippen molar-refractivity contribution in [3.05, 3.63) is 90.0 Å². The summed E-state index contributed by atoms with van der Waals surface area (Å²) in [5.41, 5.74) is 10.6. The van der Waals surface area contributed by atoms with Crippen molar-refractivity contribution in [3.63, 3.8) is 0 Å². The van der Waals surface area contributed by atoms with E-state index in [1.54, 1.807) is 0 Å². The van der Waals surface area contributed by atoms with E-state index in [-0.39, 0.29) is 6.04 Å². The van der Waals surface area contributed by atoms with Crippen LogP contribution in [-0.4, -0.2) is 0 Å². The molecular formula is C21H21NO. The zero-order valence-electron chi connectivity index (χ0n) is 13.3. The number of rotatable bonds is 5. The van der Waals surface area contributed by atoms with Crippen LogP contribution in [0, 0.1) is 0 Å². The van der Waals surface area contributed by atoms with Crippen molar-refractivity contribution in [3.8, 4) is 16.9 Å². The van der Waals surface area contributed by atoms with Gasteiger partial charge >= 0.3 is 0 Å². The van der Waals surface area contributed by atoms with E-state index < -0.39 is 0 Å². The fourth-order valence-electron chi connectivity index (χ4n) is 2.51. The Morgan fingerprint density at radius 2 is 1.52 bits per heavy atom. The minimum absolute atomic E-state index is 0.0347. The van der Waals surface area contributed by atoms with E-state index >= 15 is 0 Å². The number of benzene rings is 3. The first kappa shape index (κ1) is 15.3. The maximum atomic E-state index is 5.98. The minimum Gasteiger partial charge on any atom is -0.489 e. The summed E-state index contributed by atoms with van der Waals surface area (Å²) < 4.78 is 5.91. The third-order valence-electron chi connectivity index (χ3n) is 3.83. The highest BCUT2D eigenvalue weighted by Gasteiger charge is 2.04. The highest BCUT2D eigenvalue weighted by molar-refractivity contribution is 5.66. The molecule has 0 amide bonds. The lowest BCUT2D eigenvalue weighted by Crippen LogP contribution is -2.04. The lowest BCUT2D eigenvalue weighted by atomic mass is 10.0. The van der Waals surface area contributed by atoms with E-state index in [9.17, 15) is 0 Å². The van der Waals surface area contributed by atoms with Crippen LogP contribution in [0.25, 0.3) is 11.1 Å². The van der Waals surface area contributed by atoms with Crippen molar-refractivity contribution in [2.24, 2.45) is 5.73 Å². The summed E-state index contributed by atoms with van der Waals surface area (Å²) in [5.74, 6) is 0.873. The average molecular weight is 303 g/mol. The molecule has 0 bridgehead atoms. The van der Waals surface area contributed by atoms with Gasteiger partial charge in [0, 0.05) is 6.04 Å². The second-order valence-electron chi connectivity index (χ2n) is 5.72. The minimum atomic E-state index is 0.0347. The molecule has 0 spiro atoms. The van der Waals surface area contributed by atoms with Crippen molar-refractivity contribution >= 4 is 0 Å². The SMILES string of the molecule is CC(N)c1cccc(-c2cccc(OCc3ccccc3)c2)c1. The molecular weight excluding hydrogens is 282 g/mol. The Hall–Kier alpha value is -2.58. The summed E-state index contributed by atoms with van der Waals surface area (Å²) in [6.45, 7) is 2.57. The maximum Gasteiger partial charge on any atom is 0.120 e. The lowest BCUT2D eigenvalue weighted by molar-refractivity contribution is 0.306. The fourth-order valence-corrected chi connectivity index (χ4v) is 2.51. The highest BCUT2D eigenvalue weighted by atomic mass is 16.5. The van der Waals surface area contributed by atoms with Gasteiger partial charge in [0.05, 0.1) is 0 Å². The largest absolute Gasteiger partial charge is 0.489 e. The van der Waals surface area contributed by atoms with Crippen LogP contribution in [0.4, 0.5) is 0 Å². The van der Waals surface area contributed by atoms with Crippen LogP contribution in [0.15, 0.2) is 78.9 Å². The Morgan fingerprint density at radius 1 is 0.826 bits per heavy atom. The fraction of sp³-hybridized carbons (Fsp3) is 0.143. The van der Waals surface area contributed by atoms with Crippen molar-refractivity contribution < 1.29 is 4.74 Å². The third-order valence-corrected chi connectivity index (χ3v) is 3.83. The van der Waals surface area contributed by atoms with Gasteiger partial charge in [0.15, 0.2) is 0 Å². The Morgan fingerprint density at radius 3 is 2.26 bits per heavy atom. The summed E-state index contributed by atoms with van der Waals surface area (Å²) in [6, 6.07) is 26.7. The first-order chi connectivity index (χ1) is 11.2. The maximum absolute atomic E-state index is 5.98. The Bertz CT molecular complexity index is 766. The summed E-state index contributed by atoms with van der Waals surface area (Å²) in [6.07, 6.45) is 0. The predicted octanol–water partition coefficient (Wildman–Crippen LogP) is 4.95. The topological polar surface area (TPSA) is 35.2 Å².